The van der Waals surface area contributed by atoms with Gasteiger partial charge < -0.3 is 0 Å². The second-order valence-electron chi connectivity index (χ2n) is 4.97. The van der Waals surface area contributed by atoms with Crippen LogP contribution in [0.1, 0.15) is 23.9 Å². The molecule has 5 nitrogen and oxygen atoms in total. The number of thioether (sulfide) groups is 2. The van der Waals surface area contributed by atoms with E-state index in [1.54, 1.807) is 23.5 Å². The molecule has 114 valence electrons. The lowest BCUT2D eigenvalue weighted by Gasteiger charge is -2.04. The van der Waals surface area contributed by atoms with Crippen molar-refractivity contribution in [3.63, 3.8) is 0 Å². The van der Waals surface area contributed by atoms with Crippen molar-refractivity contribution in [1.29, 1.82) is 0 Å². The van der Waals surface area contributed by atoms with Crippen molar-refractivity contribution in [3.05, 3.63) is 41.2 Å². The van der Waals surface area contributed by atoms with Crippen molar-refractivity contribution < 1.29 is 0 Å². The van der Waals surface area contributed by atoms with E-state index >= 15 is 0 Å². The largest absolute Gasteiger partial charge is 0.264 e. The van der Waals surface area contributed by atoms with E-state index in [1.165, 1.54) is 11.1 Å². The molecule has 0 aliphatic carbocycles. The van der Waals surface area contributed by atoms with E-state index in [-0.39, 0.29) is 0 Å². The quantitative estimate of drug-likeness (QED) is 0.852. The van der Waals surface area contributed by atoms with Crippen LogP contribution < -0.4 is 0 Å². The van der Waals surface area contributed by atoms with Gasteiger partial charge in [-0.2, -0.15) is 0 Å². The Morgan fingerprint density at radius 2 is 1.91 bits per heavy atom. The van der Waals surface area contributed by atoms with Crippen molar-refractivity contribution in [2.24, 2.45) is 9.98 Å². The van der Waals surface area contributed by atoms with Gasteiger partial charge in [-0.25, -0.2) is 9.98 Å². The molecular formula is C15H17N5S2. The molecule has 0 amide bonds. The molecule has 0 radical (unpaired) electrons. The zero-order chi connectivity index (χ0) is 15.4. The first-order valence-corrected chi connectivity index (χ1v) is 8.97. The Kier molecular flexibility index (Phi) is 4.94. The third-order valence-corrected chi connectivity index (χ3v) is 5.02. The summed E-state index contributed by atoms with van der Waals surface area (Å²) in [5.74, 6) is 3.54. The molecule has 3 rings (SSSR count). The molecule has 0 atom stereocenters. The molecule has 1 aromatic heterocycles. The SMILES string of the molecule is CC1=NCC(SCc2cccc(CSc3n[nH]c(C)n3)c2)=N1. The zero-order valence-electron chi connectivity index (χ0n) is 12.5. The third-order valence-electron chi connectivity index (χ3n) is 3.07. The summed E-state index contributed by atoms with van der Waals surface area (Å²) in [6, 6.07) is 8.64. The molecule has 1 aliphatic heterocycles. The molecule has 22 heavy (non-hydrogen) atoms. The first-order valence-electron chi connectivity index (χ1n) is 7.00. The van der Waals surface area contributed by atoms with Gasteiger partial charge in [0.15, 0.2) is 0 Å². The second kappa shape index (κ2) is 7.11. The van der Waals surface area contributed by atoms with Crippen LogP contribution in [-0.4, -0.2) is 32.6 Å². The molecule has 0 saturated heterocycles. The summed E-state index contributed by atoms with van der Waals surface area (Å²) in [4.78, 5) is 13.0. The molecule has 2 aromatic rings. The van der Waals surface area contributed by atoms with Gasteiger partial charge in [0, 0.05) is 11.5 Å². The molecule has 0 bridgehead atoms. The minimum Gasteiger partial charge on any atom is -0.264 e. The van der Waals surface area contributed by atoms with Gasteiger partial charge in [0.1, 0.15) is 11.7 Å². The molecule has 0 unspecified atom stereocenters. The Morgan fingerprint density at radius 3 is 2.55 bits per heavy atom. The minimum atomic E-state index is 0.732. The van der Waals surface area contributed by atoms with Crippen LogP contribution in [0.15, 0.2) is 39.4 Å². The molecule has 0 spiro atoms. The van der Waals surface area contributed by atoms with Gasteiger partial charge in [0.05, 0.1) is 11.6 Å². The van der Waals surface area contributed by atoms with Gasteiger partial charge in [0.2, 0.25) is 5.16 Å². The number of benzene rings is 1. The smallest absolute Gasteiger partial charge is 0.208 e. The van der Waals surface area contributed by atoms with E-state index in [0.29, 0.717) is 0 Å². The Hall–Kier alpha value is -1.60. The Labute approximate surface area is 138 Å². The standard InChI is InChI=1S/C15H17N5S2/c1-10-16-7-14(17-10)21-8-12-4-3-5-13(6-12)9-22-15-18-11(2)19-20-15/h3-6H,7-9H2,1-2H3,(H,18,19,20). The average molecular weight is 331 g/mol. The number of nitrogens with one attached hydrogen (secondary N) is 1. The number of rotatable bonds is 5. The van der Waals surface area contributed by atoms with E-state index < -0.39 is 0 Å². The van der Waals surface area contributed by atoms with Crippen molar-refractivity contribution in [3.8, 4) is 0 Å². The Bertz CT molecular complexity index is 720. The van der Waals surface area contributed by atoms with Gasteiger partial charge in [-0.05, 0) is 25.0 Å². The number of nitrogens with zero attached hydrogens (tertiary/aromatic N) is 4. The monoisotopic (exact) mass is 331 g/mol. The van der Waals surface area contributed by atoms with E-state index in [0.717, 1.165) is 39.9 Å². The molecule has 1 aromatic carbocycles. The number of aliphatic imine (C=N–C) groups is 2. The maximum Gasteiger partial charge on any atom is 0.208 e. The van der Waals surface area contributed by atoms with Gasteiger partial charge >= 0.3 is 0 Å². The molecule has 2 heterocycles. The van der Waals surface area contributed by atoms with Gasteiger partial charge in [-0.3, -0.25) is 10.1 Å². The lowest BCUT2D eigenvalue weighted by atomic mass is 10.2. The summed E-state index contributed by atoms with van der Waals surface area (Å²) in [7, 11) is 0. The number of aryl methyl sites for hydroxylation is 1. The molecule has 1 aliphatic rings. The highest BCUT2D eigenvalue weighted by atomic mass is 32.2. The molecule has 0 fully saturated rings. The lowest BCUT2D eigenvalue weighted by Crippen LogP contribution is -1.94. The van der Waals surface area contributed by atoms with E-state index in [4.69, 9.17) is 0 Å². The summed E-state index contributed by atoms with van der Waals surface area (Å²) in [6.07, 6.45) is 0. The number of amidine groups is 1. The van der Waals surface area contributed by atoms with E-state index in [9.17, 15) is 0 Å². The highest BCUT2D eigenvalue weighted by Crippen LogP contribution is 2.22. The average Bonchev–Trinajstić information content (AvgIpc) is 3.12. The normalized spacial score (nSPS) is 14.1. The summed E-state index contributed by atoms with van der Waals surface area (Å²) < 4.78 is 0. The number of H-pyrrole nitrogens is 1. The summed E-state index contributed by atoms with van der Waals surface area (Å²) in [5.41, 5.74) is 2.59. The molecule has 7 heteroatoms. The maximum absolute atomic E-state index is 4.41. The van der Waals surface area contributed by atoms with Gasteiger partial charge in [0.25, 0.3) is 0 Å². The van der Waals surface area contributed by atoms with Gasteiger partial charge in [-0.1, -0.05) is 36.0 Å². The van der Waals surface area contributed by atoms with Crippen LogP contribution in [0.5, 0.6) is 0 Å². The fourth-order valence-electron chi connectivity index (χ4n) is 2.02. The predicted molar refractivity (Wildman–Crippen MR) is 93.8 cm³/mol. The van der Waals surface area contributed by atoms with Crippen LogP contribution in [0.2, 0.25) is 0 Å². The lowest BCUT2D eigenvalue weighted by molar-refractivity contribution is 0.969. The highest BCUT2D eigenvalue weighted by Gasteiger charge is 2.08. The number of hydrogen-bond acceptors (Lipinski definition) is 6. The molecule has 0 saturated carbocycles. The second-order valence-corrected chi connectivity index (χ2v) is 6.96. The van der Waals surface area contributed by atoms with Crippen LogP contribution in [-0.2, 0) is 11.5 Å². The maximum atomic E-state index is 4.41. The zero-order valence-corrected chi connectivity index (χ0v) is 14.2. The summed E-state index contributed by atoms with van der Waals surface area (Å²) in [6.45, 7) is 4.58. The van der Waals surface area contributed by atoms with Gasteiger partial charge in [-0.15, -0.1) is 16.9 Å². The van der Waals surface area contributed by atoms with E-state index in [1.807, 2.05) is 13.8 Å². The van der Waals surface area contributed by atoms with Crippen LogP contribution >= 0.6 is 23.5 Å². The predicted octanol–water partition coefficient (Wildman–Crippen LogP) is 3.47. The Morgan fingerprint density at radius 1 is 1.14 bits per heavy atom. The Balaban J connectivity index is 1.54. The fourth-order valence-corrected chi connectivity index (χ4v) is 3.67. The highest BCUT2D eigenvalue weighted by molar-refractivity contribution is 8.13. The van der Waals surface area contributed by atoms with Crippen LogP contribution in [0.4, 0.5) is 0 Å². The summed E-state index contributed by atoms with van der Waals surface area (Å²) in [5, 5.41) is 8.91. The fraction of sp³-hybridized carbons (Fsp3) is 0.333. The number of aromatic amines is 1. The minimum absolute atomic E-state index is 0.732. The van der Waals surface area contributed by atoms with E-state index in [2.05, 4.69) is 49.4 Å². The molecule has 1 N–H and O–H groups in total. The summed E-state index contributed by atoms with van der Waals surface area (Å²) >= 11 is 3.41. The van der Waals surface area contributed by atoms with Crippen molar-refractivity contribution in [1.82, 2.24) is 15.2 Å². The third kappa shape index (κ3) is 4.20. The van der Waals surface area contributed by atoms with Crippen molar-refractivity contribution in [2.75, 3.05) is 6.54 Å². The van der Waals surface area contributed by atoms with Crippen molar-refractivity contribution in [2.45, 2.75) is 30.5 Å². The van der Waals surface area contributed by atoms with Crippen molar-refractivity contribution >= 4 is 34.4 Å². The first kappa shape index (κ1) is 15.3. The van der Waals surface area contributed by atoms with Crippen LogP contribution in [0.25, 0.3) is 0 Å². The number of hydrogen-bond donors (Lipinski definition) is 1. The first-order chi connectivity index (χ1) is 10.7. The van der Waals surface area contributed by atoms with Crippen LogP contribution in [0.3, 0.4) is 0 Å². The van der Waals surface area contributed by atoms with Crippen LogP contribution in [0, 0.1) is 6.92 Å². The topological polar surface area (TPSA) is 66.3 Å². The molecular weight excluding hydrogens is 314 g/mol. The number of aromatic nitrogens is 3.